The smallest absolute Gasteiger partial charge is 0.179 e. The zero-order valence-corrected chi connectivity index (χ0v) is 13.1. The van der Waals surface area contributed by atoms with Gasteiger partial charge in [0.2, 0.25) is 0 Å². The van der Waals surface area contributed by atoms with Crippen LogP contribution in [0.4, 0.5) is 0 Å². The van der Waals surface area contributed by atoms with Crippen LogP contribution in [0.1, 0.15) is 32.3 Å². The molecule has 0 radical (unpaired) electrons. The van der Waals surface area contributed by atoms with Crippen molar-refractivity contribution in [3.8, 4) is 11.5 Å². The fourth-order valence-electron chi connectivity index (χ4n) is 2.04. The second-order valence-electron chi connectivity index (χ2n) is 5.11. The van der Waals surface area contributed by atoms with Crippen LogP contribution in [-0.4, -0.2) is 26.3 Å². The van der Waals surface area contributed by atoms with Crippen molar-refractivity contribution in [1.29, 1.82) is 0 Å². The fourth-order valence-corrected chi connectivity index (χ4v) is 2.31. The Hall–Kier alpha value is -1.19. The molecule has 0 spiro atoms. The number of methoxy groups -OCH3 is 1. The molecular weight excluding hydrogens is 274 g/mol. The molecule has 2 rings (SSSR count). The van der Waals surface area contributed by atoms with Crippen LogP contribution in [0.15, 0.2) is 17.7 Å². The van der Waals surface area contributed by atoms with Gasteiger partial charge in [-0.1, -0.05) is 23.3 Å². The van der Waals surface area contributed by atoms with Crippen LogP contribution in [0, 0.1) is 0 Å². The largest absolute Gasteiger partial charge is 0.493 e. The van der Waals surface area contributed by atoms with Crippen molar-refractivity contribution >= 4 is 17.7 Å². The van der Waals surface area contributed by atoms with Crippen LogP contribution in [0.25, 0.3) is 6.08 Å². The van der Waals surface area contributed by atoms with E-state index in [2.05, 4.69) is 18.3 Å². The number of halogens is 1. The van der Waals surface area contributed by atoms with Crippen LogP contribution < -0.4 is 14.8 Å². The van der Waals surface area contributed by atoms with Crippen molar-refractivity contribution in [2.75, 3.05) is 20.3 Å². The molecule has 1 aromatic rings. The van der Waals surface area contributed by atoms with Gasteiger partial charge in [-0.05, 0) is 44.4 Å². The van der Waals surface area contributed by atoms with E-state index < -0.39 is 0 Å². The Bertz CT molecular complexity index is 495. The Kier molecular flexibility index (Phi) is 5.32. The van der Waals surface area contributed by atoms with Crippen molar-refractivity contribution < 1.29 is 9.47 Å². The van der Waals surface area contributed by atoms with Gasteiger partial charge in [-0.25, -0.2) is 0 Å². The minimum atomic E-state index is 0.565. The molecule has 0 aromatic heterocycles. The quantitative estimate of drug-likeness (QED) is 0.827. The lowest BCUT2D eigenvalue weighted by Crippen LogP contribution is -2.18. The minimum Gasteiger partial charge on any atom is -0.493 e. The van der Waals surface area contributed by atoms with Crippen molar-refractivity contribution in [3.05, 3.63) is 28.3 Å². The van der Waals surface area contributed by atoms with Gasteiger partial charge in [-0.2, -0.15) is 0 Å². The average molecular weight is 296 g/mol. The van der Waals surface area contributed by atoms with Gasteiger partial charge in [0, 0.05) is 12.6 Å². The second-order valence-corrected chi connectivity index (χ2v) is 5.52. The molecule has 0 heterocycles. The molecule has 3 nitrogen and oxygen atoms in total. The van der Waals surface area contributed by atoms with E-state index in [0.29, 0.717) is 23.1 Å². The van der Waals surface area contributed by atoms with Gasteiger partial charge in [0.15, 0.2) is 11.5 Å². The van der Waals surface area contributed by atoms with E-state index in [1.54, 1.807) is 7.11 Å². The van der Waals surface area contributed by atoms with Gasteiger partial charge in [-0.3, -0.25) is 0 Å². The number of nitrogens with one attached hydrogen (secondary N) is 1. The Morgan fingerprint density at radius 3 is 2.80 bits per heavy atom. The van der Waals surface area contributed by atoms with E-state index >= 15 is 0 Å². The zero-order valence-electron chi connectivity index (χ0n) is 12.3. The van der Waals surface area contributed by atoms with Crippen molar-refractivity contribution in [1.82, 2.24) is 5.32 Å². The summed E-state index contributed by atoms with van der Waals surface area (Å²) in [7, 11) is 1.63. The number of hydrogen-bond acceptors (Lipinski definition) is 3. The summed E-state index contributed by atoms with van der Waals surface area (Å²) >= 11 is 6.26. The molecule has 0 amide bonds. The van der Waals surface area contributed by atoms with Gasteiger partial charge in [0.25, 0.3) is 0 Å². The van der Waals surface area contributed by atoms with Crippen LogP contribution >= 0.6 is 11.6 Å². The third-order valence-corrected chi connectivity index (χ3v) is 3.48. The summed E-state index contributed by atoms with van der Waals surface area (Å²) in [6.45, 7) is 5.52. The maximum absolute atomic E-state index is 6.26. The van der Waals surface area contributed by atoms with Gasteiger partial charge in [0.1, 0.15) is 0 Å². The first-order valence-electron chi connectivity index (χ1n) is 7.05. The molecule has 1 saturated carbocycles. The summed E-state index contributed by atoms with van der Waals surface area (Å²) in [5, 5.41) is 4.08. The maximum atomic E-state index is 6.26. The molecule has 0 atom stereocenters. The highest BCUT2D eigenvalue weighted by Crippen LogP contribution is 2.37. The summed E-state index contributed by atoms with van der Waals surface area (Å²) < 4.78 is 10.9. The Balaban J connectivity index is 2.14. The lowest BCUT2D eigenvalue weighted by molar-refractivity contribution is 0.311. The highest BCUT2D eigenvalue weighted by atomic mass is 35.5. The lowest BCUT2D eigenvalue weighted by atomic mass is 10.1. The number of ether oxygens (including phenoxy) is 2. The first-order valence-corrected chi connectivity index (χ1v) is 7.42. The molecule has 1 aliphatic rings. The molecule has 1 aromatic carbocycles. The predicted molar refractivity (Wildman–Crippen MR) is 83.8 cm³/mol. The fraction of sp³-hybridized carbons (Fsp3) is 0.500. The van der Waals surface area contributed by atoms with Gasteiger partial charge >= 0.3 is 0 Å². The molecule has 1 aliphatic carbocycles. The molecule has 0 bridgehead atoms. The Morgan fingerprint density at radius 1 is 1.45 bits per heavy atom. The highest BCUT2D eigenvalue weighted by Gasteiger charge is 2.19. The third kappa shape index (κ3) is 4.15. The van der Waals surface area contributed by atoms with Crippen LogP contribution in [0.5, 0.6) is 11.5 Å². The molecule has 1 N–H and O–H groups in total. The van der Waals surface area contributed by atoms with Crippen LogP contribution in [0.2, 0.25) is 5.02 Å². The first kappa shape index (κ1) is 15.2. The third-order valence-electron chi connectivity index (χ3n) is 3.20. The topological polar surface area (TPSA) is 30.5 Å². The Labute approximate surface area is 125 Å². The van der Waals surface area contributed by atoms with Gasteiger partial charge < -0.3 is 14.8 Å². The lowest BCUT2D eigenvalue weighted by Gasteiger charge is -2.12. The Morgan fingerprint density at radius 2 is 2.20 bits per heavy atom. The predicted octanol–water partition coefficient (Wildman–Crippen LogP) is 3.90. The first-order chi connectivity index (χ1) is 9.63. The maximum Gasteiger partial charge on any atom is 0.179 e. The second kappa shape index (κ2) is 7.00. The van der Waals surface area contributed by atoms with Crippen LogP contribution in [0.3, 0.4) is 0 Å². The monoisotopic (exact) mass is 295 g/mol. The molecule has 20 heavy (non-hydrogen) atoms. The van der Waals surface area contributed by atoms with Crippen molar-refractivity contribution in [3.63, 3.8) is 0 Å². The summed E-state index contributed by atoms with van der Waals surface area (Å²) in [5.74, 6) is 1.29. The van der Waals surface area contributed by atoms with E-state index in [4.69, 9.17) is 21.1 Å². The molecule has 0 unspecified atom stereocenters. The van der Waals surface area contributed by atoms with E-state index in [1.165, 1.54) is 18.4 Å². The van der Waals surface area contributed by atoms with Crippen LogP contribution in [-0.2, 0) is 0 Å². The van der Waals surface area contributed by atoms with E-state index in [-0.39, 0.29) is 0 Å². The summed E-state index contributed by atoms with van der Waals surface area (Å²) in [6, 6.07) is 4.59. The number of hydrogen-bond donors (Lipinski definition) is 1. The normalized spacial score (nSPS) is 15.3. The molecule has 0 saturated heterocycles. The van der Waals surface area contributed by atoms with Gasteiger partial charge in [0.05, 0.1) is 18.7 Å². The molecule has 4 heteroatoms. The van der Waals surface area contributed by atoms with E-state index in [1.807, 2.05) is 19.1 Å². The number of benzene rings is 1. The number of rotatable bonds is 7. The molecule has 110 valence electrons. The van der Waals surface area contributed by atoms with Crippen molar-refractivity contribution in [2.24, 2.45) is 0 Å². The molecule has 0 aliphatic heterocycles. The summed E-state index contributed by atoms with van der Waals surface area (Å²) in [4.78, 5) is 0. The van der Waals surface area contributed by atoms with Gasteiger partial charge in [-0.15, -0.1) is 0 Å². The van der Waals surface area contributed by atoms with Crippen molar-refractivity contribution in [2.45, 2.75) is 32.7 Å². The standard InChI is InChI=1S/C16H22ClNO2/c1-4-20-16-14(17)8-12(9-15(16)19-3)7-11(2)10-18-13-5-6-13/h7-9,13,18H,4-6,10H2,1-3H3. The summed E-state index contributed by atoms with van der Waals surface area (Å²) in [5.41, 5.74) is 2.31. The minimum absolute atomic E-state index is 0.565. The van der Waals surface area contributed by atoms with E-state index in [0.717, 1.165) is 18.2 Å². The average Bonchev–Trinajstić information content (AvgIpc) is 3.23. The molecular formula is C16H22ClNO2. The highest BCUT2D eigenvalue weighted by molar-refractivity contribution is 6.32. The SMILES string of the molecule is CCOc1c(Cl)cc(C=C(C)CNC2CC2)cc1OC. The molecule has 1 fully saturated rings. The summed E-state index contributed by atoms with van der Waals surface area (Å²) in [6.07, 6.45) is 4.73. The zero-order chi connectivity index (χ0) is 14.5. The van der Waals surface area contributed by atoms with E-state index in [9.17, 15) is 0 Å².